The fourth-order valence-electron chi connectivity index (χ4n) is 2.67. The number of hydrogen-bond donors (Lipinski definition) is 3. The molecule has 2 aromatic carbocycles. The maximum atomic E-state index is 13.1. The molecular formula is C21H21F3N4O. The highest BCUT2D eigenvalue weighted by Gasteiger charge is 2.30. The second-order valence-electron chi connectivity index (χ2n) is 6.71. The Kier molecular flexibility index (Phi) is 6.03. The Bertz CT molecular complexity index is 977. The molecule has 0 bridgehead atoms. The van der Waals surface area contributed by atoms with Crippen LogP contribution in [0.5, 0.6) is 0 Å². The molecule has 1 atom stereocenters. The van der Waals surface area contributed by atoms with Gasteiger partial charge in [0.15, 0.2) is 0 Å². The standard InChI is InChI=1S/C21H21F3N4O/c1-13-8-9-16(21(22,23)24)10-17(13)26-19-11-18(15-6-4-3-5-7-15)27-20(28-19)25-14(2)12-29/h3-11,14,29H,12H2,1-2H3,(H2,25,26,27,28)/t14-/m1/s1. The molecule has 0 saturated carbocycles. The second kappa shape index (κ2) is 8.48. The summed E-state index contributed by atoms with van der Waals surface area (Å²) in [6.07, 6.45) is -4.44. The second-order valence-corrected chi connectivity index (χ2v) is 6.71. The molecule has 0 aliphatic carbocycles. The summed E-state index contributed by atoms with van der Waals surface area (Å²) in [6.45, 7) is 3.37. The van der Waals surface area contributed by atoms with E-state index in [9.17, 15) is 18.3 Å². The highest BCUT2D eigenvalue weighted by molar-refractivity contribution is 5.69. The summed E-state index contributed by atoms with van der Waals surface area (Å²) in [5.74, 6) is 0.606. The third-order valence-corrected chi connectivity index (χ3v) is 4.27. The van der Waals surface area contributed by atoms with E-state index in [1.165, 1.54) is 6.07 Å². The Balaban J connectivity index is 2.01. The lowest BCUT2D eigenvalue weighted by Gasteiger charge is -2.16. The average Bonchev–Trinajstić information content (AvgIpc) is 2.69. The van der Waals surface area contributed by atoms with Crippen molar-refractivity contribution in [2.45, 2.75) is 26.1 Å². The Morgan fingerprint density at radius 1 is 1.03 bits per heavy atom. The van der Waals surface area contributed by atoms with Gasteiger partial charge in [0.1, 0.15) is 5.82 Å². The number of alkyl halides is 3. The molecule has 3 aromatic rings. The molecule has 1 heterocycles. The fraction of sp³-hybridized carbons (Fsp3) is 0.238. The first-order valence-corrected chi connectivity index (χ1v) is 9.03. The average molecular weight is 402 g/mol. The zero-order valence-electron chi connectivity index (χ0n) is 16.0. The molecule has 0 amide bonds. The van der Waals surface area contributed by atoms with Crippen LogP contribution < -0.4 is 10.6 Å². The van der Waals surface area contributed by atoms with Gasteiger partial charge in [0, 0.05) is 23.4 Å². The van der Waals surface area contributed by atoms with E-state index in [4.69, 9.17) is 0 Å². The number of aliphatic hydroxyl groups is 1. The number of aromatic nitrogens is 2. The predicted molar refractivity (Wildman–Crippen MR) is 107 cm³/mol. The van der Waals surface area contributed by atoms with Gasteiger partial charge in [0.2, 0.25) is 5.95 Å². The van der Waals surface area contributed by atoms with E-state index in [2.05, 4.69) is 20.6 Å². The number of nitrogens with one attached hydrogen (secondary N) is 2. The van der Waals surface area contributed by atoms with Gasteiger partial charge >= 0.3 is 6.18 Å². The summed E-state index contributed by atoms with van der Waals surface area (Å²) in [5.41, 5.74) is 1.64. The van der Waals surface area contributed by atoms with Gasteiger partial charge in [0.25, 0.3) is 0 Å². The van der Waals surface area contributed by atoms with Crippen molar-refractivity contribution in [1.29, 1.82) is 0 Å². The molecule has 152 valence electrons. The first kappa shape index (κ1) is 20.6. The van der Waals surface area contributed by atoms with E-state index < -0.39 is 11.7 Å². The van der Waals surface area contributed by atoms with E-state index in [1.54, 1.807) is 19.9 Å². The van der Waals surface area contributed by atoms with Gasteiger partial charge in [-0.2, -0.15) is 18.2 Å². The molecule has 0 aliphatic heterocycles. The van der Waals surface area contributed by atoms with Crippen LogP contribution in [-0.2, 0) is 6.18 Å². The smallest absolute Gasteiger partial charge is 0.394 e. The Morgan fingerprint density at radius 2 is 1.76 bits per heavy atom. The number of nitrogens with zero attached hydrogens (tertiary/aromatic N) is 2. The van der Waals surface area contributed by atoms with Crippen LogP contribution >= 0.6 is 0 Å². The van der Waals surface area contributed by atoms with Crippen LogP contribution in [0.2, 0.25) is 0 Å². The van der Waals surface area contributed by atoms with E-state index in [0.717, 1.165) is 17.7 Å². The topological polar surface area (TPSA) is 70.1 Å². The first-order chi connectivity index (χ1) is 13.8. The molecule has 8 heteroatoms. The summed E-state index contributed by atoms with van der Waals surface area (Å²) in [6, 6.07) is 14.3. The lowest BCUT2D eigenvalue weighted by Crippen LogP contribution is -2.21. The van der Waals surface area contributed by atoms with Gasteiger partial charge in [0.05, 0.1) is 17.9 Å². The SMILES string of the molecule is Cc1ccc(C(F)(F)F)cc1Nc1cc(-c2ccccc2)nc(N[C@H](C)CO)n1. The highest BCUT2D eigenvalue weighted by atomic mass is 19.4. The van der Waals surface area contributed by atoms with Crippen molar-refractivity contribution in [1.82, 2.24) is 9.97 Å². The number of rotatable bonds is 6. The van der Waals surface area contributed by atoms with Gasteiger partial charge in [-0.15, -0.1) is 0 Å². The van der Waals surface area contributed by atoms with Crippen molar-refractivity contribution in [3.63, 3.8) is 0 Å². The molecular weight excluding hydrogens is 381 g/mol. The monoisotopic (exact) mass is 402 g/mol. The Labute approximate surface area is 166 Å². The zero-order valence-corrected chi connectivity index (χ0v) is 16.0. The minimum absolute atomic E-state index is 0.117. The maximum absolute atomic E-state index is 13.1. The Morgan fingerprint density at radius 3 is 2.41 bits per heavy atom. The van der Waals surface area contributed by atoms with Crippen molar-refractivity contribution >= 4 is 17.5 Å². The van der Waals surface area contributed by atoms with E-state index in [0.29, 0.717) is 22.8 Å². The fourth-order valence-corrected chi connectivity index (χ4v) is 2.67. The molecule has 0 spiro atoms. The van der Waals surface area contributed by atoms with E-state index in [1.807, 2.05) is 30.3 Å². The molecule has 0 fully saturated rings. The van der Waals surface area contributed by atoms with Gasteiger partial charge < -0.3 is 15.7 Å². The van der Waals surface area contributed by atoms with Gasteiger partial charge in [-0.25, -0.2) is 4.98 Å². The molecule has 29 heavy (non-hydrogen) atoms. The molecule has 3 N–H and O–H groups in total. The first-order valence-electron chi connectivity index (χ1n) is 9.03. The number of aryl methyl sites for hydroxylation is 1. The minimum Gasteiger partial charge on any atom is -0.394 e. The number of aliphatic hydroxyl groups excluding tert-OH is 1. The van der Waals surface area contributed by atoms with Crippen LogP contribution in [0, 0.1) is 6.92 Å². The Hall–Kier alpha value is -3.13. The van der Waals surface area contributed by atoms with E-state index in [-0.39, 0.29) is 18.6 Å². The van der Waals surface area contributed by atoms with Crippen molar-refractivity contribution < 1.29 is 18.3 Å². The van der Waals surface area contributed by atoms with Crippen LogP contribution in [0.1, 0.15) is 18.1 Å². The van der Waals surface area contributed by atoms with Gasteiger partial charge in [-0.05, 0) is 31.5 Å². The molecule has 3 rings (SSSR count). The van der Waals surface area contributed by atoms with Gasteiger partial charge in [-0.1, -0.05) is 36.4 Å². The zero-order chi connectivity index (χ0) is 21.0. The van der Waals surface area contributed by atoms with Crippen LogP contribution in [-0.4, -0.2) is 27.7 Å². The van der Waals surface area contributed by atoms with Crippen LogP contribution in [0.4, 0.5) is 30.6 Å². The summed E-state index contributed by atoms with van der Waals surface area (Å²) in [5, 5.41) is 15.2. The third kappa shape index (κ3) is 5.23. The normalized spacial score (nSPS) is 12.5. The number of hydrogen-bond acceptors (Lipinski definition) is 5. The quantitative estimate of drug-likeness (QED) is 0.541. The molecule has 0 unspecified atom stereocenters. The van der Waals surface area contributed by atoms with Crippen molar-refractivity contribution in [2.24, 2.45) is 0 Å². The number of halogens is 3. The number of benzene rings is 2. The summed E-state index contributed by atoms with van der Waals surface area (Å²) < 4.78 is 39.2. The lowest BCUT2D eigenvalue weighted by atomic mass is 10.1. The predicted octanol–water partition coefficient (Wildman–Crippen LogP) is 5.01. The highest BCUT2D eigenvalue weighted by Crippen LogP contribution is 2.33. The maximum Gasteiger partial charge on any atom is 0.416 e. The largest absolute Gasteiger partial charge is 0.416 e. The van der Waals surface area contributed by atoms with Gasteiger partial charge in [-0.3, -0.25) is 0 Å². The molecule has 0 saturated heterocycles. The number of anilines is 3. The van der Waals surface area contributed by atoms with Crippen LogP contribution in [0.3, 0.4) is 0 Å². The molecule has 0 aliphatic rings. The van der Waals surface area contributed by atoms with Crippen molar-refractivity contribution in [3.8, 4) is 11.3 Å². The van der Waals surface area contributed by atoms with Crippen LogP contribution in [0.25, 0.3) is 11.3 Å². The molecule has 0 radical (unpaired) electrons. The summed E-state index contributed by atoms with van der Waals surface area (Å²) >= 11 is 0. The minimum atomic E-state index is -4.44. The molecule has 1 aromatic heterocycles. The summed E-state index contributed by atoms with van der Waals surface area (Å²) in [4.78, 5) is 8.81. The molecule has 5 nitrogen and oxygen atoms in total. The van der Waals surface area contributed by atoms with Crippen LogP contribution in [0.15, 0.2) is 54.6 Å². The third-order valence-electron chi connectivity index (χ3n) is 4.27. The lowest BCUT2D eigenvalue weighted by molar-refractivity contribution is -0.137. The van der Waals surface area contributed by atoms with E-state index >= 15 is 0 Å². The summed E-state index contributed by atoms with van der Waals surface area (Å²) in [7, 11) is 0. The van der Waals surface area contributed by atoms with Crippen molar-refractivity contribution in [3.05, 3.63) is 65.7 Å². The van der Waals surface area contributed by atoms with Crippen molar-refractivity contribution in [2.75, 3.05) is 17.2 Å².